The van der Waals surface area contributed by atoms with E-state index in [0.717, 1.165) is 11.3 Å². The highest BCUT2D eigenvalue weighted by atomic mass is 16.6. The maximum atomic E-state index is 12.1. The number of nitrogens with zero attached hydrogens (tertiary/aromatic N) is 2. The minimum Gasteiger partial charge on any atom is -0.497 e. The molecule has 6 heteroatoms. The topological polar surface area (TPSA) is 74.4 Å². The molecule has 0 unspecified atom stereocenters. The monoisotopic (exact) mass is 274 g/mol. The fourth-order valence-electron chi connectivity index (χ4n) is 1.93. The normalized spacial score (nSPS) is 10.3. The van der Waals surface area contributed by atoms with Crippen LogP contribution in [0.5, 0.6) is 5.75 Å². The second-order valence-electron chi connectivity index (χ2n) is 4.39. The molecule has 104 valence electrons. The zero-order valence-electron chi connectivity index (χ0n) is 11.2. The molecule has 0 aliphatic carbocycles. The summed E-state index contributed by atoms with van der Waals surface area (Å²) in [6.07, 6.45) is 1.56. The van der Waals surface area contributed by atoms with Gasteiger partial charge in [-0.3, -0.25) is 14.9 Å². The molecule has 6 nitrogen and oxygen atoms in total. The van der Waals surface area contributed by atoms with Crippen LogP contribution in [-0.2, 0) is 6.54 Å². The Morgan fingerprint density at radius 1 is 1.25 bits per heavy atom. The van der Waals surface area contributed by atoms with Gasteiger partial charge in [-0.2, -0.15) is 0 Å². The van der Waals surface area contributed by atoms with Gasteiger partial charge in [-0.05, 0) is 30.7 Å². The van der Waals surface area contributed by atoms with Crippen LogP contribution < -0.4 is 10.3 Å². The number of rotatable bonds is 4. The van der Waals surface area contributed by atoms with Crippen molar-refractivity contribution in [2.45, 2.75) is 13.5 Å². The van der Waals surface area contributed by atoms with E-state index in [0.29, 0.717) is 5.56 Å². The summed E-state index contributed by atoms with van der Waals surface area (Å²) in [4.78, 5) is 22.3. The lowest BCUT2D eigenvalue weighted by atomic mass is 10.2. The van der Waals surface area contributed by atoms with Gasteiger partial charge >= 0.3 is 11.2 Å². The molecule has 0 bridgehead atoms. The zero-order chi connectivity index (χ0) is 14.7. The number of aryl methyl sites for hydroxylation is 1. The van der Waals surface area contributed by atoms with Gasteiger partial charge in [0.2, 0.25) is 0 Å². The summed E-state index contributed by atoms with van der Waals surface area (Å²) in [7, 11) is 1.57. The first kappa shape index (κ1) is 13.8. The summed E-state index contributed by atoms with van der Waals surface area (Å²) in [5.41, 5.74) is 0.267. The molecule has 1 heterocycles. The molecule has 20 heavy (non-hydrogen) atoms. The van der Waals surface area contributed by atoms with E-state index in [1.54, 1.807) is 38.4 Å². The maximum Gasteiger partial charge on any atom is 0.336 e. The van der Waals surface area contributed by atoms with Gasteiger partial charge in [0.05, 0.1) is 18.6 Å². The van der Waals surface area contributed by atoms with E-state index in [9.17, 15) is 14.9 Å². The molecule has 0 atom stereocenters. The fourth-order valence-corrected chi connectivity index (χ4v) is 1.93. The quantitative estimate of drug-likeness (QED) is 0.632. The van der Waals surface area contributed by atoms with Crippen molar-refractivity contribution in [3.63, 3.8) is 0 Å². The van der Waals surface area contributed by atoms with Gasteiger partial charge in [-0.15, -0.1) is 0 Å². The lowest BCUT2D eigenvalue weighted by Gasteiger charge is -2.07. The van der Waals surface area contributed by atoms with Gasteiger partial charge in [0.25, 0.3) is 0 Å². The summed E-state index contributed by atoms with van der Waals surface area (Å²) in [5, 5.41) is 10.9. The van der Waals surface area contributed by atoms with Crippen molar-refractivity contribution in [2.24, 2.45) is 0 Å². The van der Waals surface area contributed by atoms with Crippen LogP contribution in [0, 0.1) is 17.0 Å². The third kappa shape index (κ3) is 2.69. The second-order valence-corrected chi connectivity index (χ2v) is 4.39. The largest absolute Gasteiger partial charge is 0.497 e. The number of hydrogen-bond donors (Lipinski definition) is 0. The summed E-state index contributed by atoms with van der Waals surface area (Å²) in [5.74, 6) is 0.719. The first-order valence-corrected chi connectivity index (χ1v) is 6.00. The van der Waals surface area contributed by atoms with Crippen LogP contribution >= 0.6 is 0 Å². The van der Waals surface area contributed by atoms with Gasteiger partial charge in [-0.25, -0.2) is 0 Å². The Hall–Kier alpha value is -2.63. The van der Waals surface area contributed by atoms with Crippen LogP contribution in [0.4, 0.5) is 5.69 Å². The molecule has 1 aromatic carbocycles. The smallest absolute Gasteiger partial charge is 0.336 e. The first-order chi connectivity index (χ1) is 9.52. The molecule has 0 saturated carbocycles. The Labute approximate surface area is 115 Å². The standard InChI is InChI=1S/C14H14N2O4/c1-10-7-8-15(14(17)13(10)16(18)19)9-11-3-5-12(20-2)6-4-11/h3-8H,9H2,1-2H3. The predicted octanol–water partition coefficient (Wildman–Crippen LogP) is 2.12. The van der Waals surface area contributed by atoms with E-state index >= 15 is 0 Å². The van der Waals surface area contributed by atoms with Crippen molar-refractivity contribution in [2.75, 3.05) is 7.11 Å². The molecule has 0 aliphatic heterocycles. The Bertz CT molecular complexity index is 689. The first-order valence-electron chi connectivity index (χ1n) is 6.00. The molecule has 0 spiro atoms. The van der Waals surface area contributed by atoms with Gasteiger partial charge in [0.15, 0.2) is 0 Å². The SMILES string of the molecule is COc1ccc(Cn2ccc(C)c([N+](=O)[O-])c2=O)cc1. The molecule has 0 saturated heterocycles. The Balaban J connectivity index is 2.36. The molecule has 0 fully saturated rings. The fraction of sp³-hybridized carbons (Fsp3) is 0.214. The van der Waals surface area contributed by atoms with Crippen LogP contribution in [0.25, 0.3) is 0 Å². The average molecular weight is 274 g/mol. The van der Waals surface area contributed by atoms with Crippen LogP contribution in [0.3, 0.4) is 0 Å². The lowest BCUT2D eigenvalue weighted by molar-refractivity contribution is -0.387. The van der Waals surface area contributed by atoms with E-state index in [2.05, 4.69) is 0 Å². The van der Waals surface area contributed by atoms with E-state index in [1.165, 1.54) is 4.57 Å². The van der Waals surface area contributed by atoms with Gasteiger partial charge < -0.3 is 9.30 Å². The van der Waals surface area contributed by atoms with Crippen LogP contribution in [0.15, 0.2) is 41.3 Å². The van der Waals surface area contributed by atoms with Crippen LogP contribution in [0.1, 0.15) is 11.1 Å². The molecule has 2 rings (SSSR count). The van der Waals surface area contributed by atoms with Crippen molar-refractivity contribution < 1.29 is 9.66 Å². The number of ether oxygens (including phenoxy) is 1. The number of aromatic nitrogens is 1. The number of pyridine rings is 1. The number of hydrogen-bond acceptors (Lipinski definition) is 4. The number of methoxy groups -OCH3 is 1. The predicted molar refractivity (Wildman–Crippen MR) is 74.2 cm³/mol. The number of benzene rings is 1. The summed E-state index contributed by atoms with van der Waals surface area (Å²) in [6.45, 7) is 1.83. The molecule has 0 N–H and O–H groups in total. The summed E-state index contributed by atoms with van der Waals surface area (Å²) >= 11 is 0. The minimum absolute atomic E-state index is 0.282. The van der Waals surface area contributed by atoms with Crippen molar-refractivity contribution in [1.82, 2.24) is 4.57 Å². The summed E-state index contributed by atoms with van der Waals surface area (Å²) in [6, 6.07) is 8.77. The van der Waals surface area contributed by atoms with E-state index < -0.39 is 10.5 Å². The third-order valence-electron chi connectivity index (χ3n) is 3.04. The molecular weight excluding hydrogens is 260 g/mol. The van der Waals surface area contributed by atoms with Crippen molar-refractivity contribution in [3.8, 4) is 5.75 Å². The Morgan fingerprint density at radius 3 is 2.45 bits per heavy atom. The van der Waals surface area contributed by atoms with Gasteiger partial charge in [-0.1, -0.05) is 12.1 Å². The molecular formula is C14H14N2O4. The zero-order valence-corrected chi connectivity index (χ0v) is 11.2. The highest BCUT2D eigenvalue weighted by Gasteiger charge is 2.18. The van der Waals surface area contributed by atoms with Crippen molar-refractivity contribution >= 4 is 5.69 Å². The van der Waals surface area contributed by atoms with Crippen LogP contribution in [0.2, 0.25) is 0 Å². The third-order valence-corrected chi connectivity index (χ3v) is 3.04. The van der Waals surface area contributed by atoms with E-state index in [-0.39, 0.29) is 12.2 Å². The number of nitro groups is 1. The Kier molecular flexibility index (Phi) is 3.84. The highest BCUT2D eigenvalue weighted by molar-refractivity contribution is 5.36. The van der Waals surface area contributed by atoms with E-state index in [1.807, 2.05) is 12.1 Å². The minimum atomic E-state index is -0.637. The summed E-state index contributed by atoms with van der Waals surface area (Å²) < 4.78 is 6.38. The molecule has 0 aliphatic rings. The molecule has 0 radical (unpaired) electrons. The molecule has 0 amide bonds. The van der Waals surface area contributed by atoms with Crippen molar-refractivity contribution in [1.29, 1.82) is 0 Å². The van der Waals surface area contributed by atoms with Crippen LogP contribution in [-0.4, -0.2) is 16.6 Å². The van der Waals surface area contributed by atoms with Crippen molar-refractivity contribution in [3.05, 3.63) is 68.1 Å². The maximum absolute atomic E-state index is 12.1. The second kappa shape index (κ2) is 5.56. The lowest BCUT2D eigenvalue weighted by Crippen LogP contribution is -2.23. The molecule has 1 aromatic heterocycles. The highest BCUT2D eigenvalue weighted by Crippen LogP contribution is 2.14. The van der Waals surface area contributed by atoms with Gasteiger partial charge in [0, 0.05) is 11.8 Å². The molecule has 2 aromatic rings. The van der Waals surface area contributed by atoms with Gasteiger partial charge in [0.1, 0.15) is 5.75 Å². The Morgan fingerprint density at radius 2 is 1.90 bits per heavy atom. The van der Waals surface area contributed by atoms with E-state index in [4.69, 9.17) is 4.74 Å². The average Bonchev–Trinajstić information content (AvgIpc) is 2.42.